The van der Waals surface area contributed by atoms with E-state index in [1.165, 1.54) is 45.2 Å². The first-order valence-electron chi connectivity index (χ1n) is 7.37. The minimum atomic E-state index is 0.806. The maximum atomic E-state index is 8.01. The Bertz CT molecular complexity index is 238. The summed E-state index contributed by atoms with van der Waals surface area (Å²) in [7, 11) is 0. The normalized spacial score (nSPS) is 23.9. The van der Waals surface area contributed by atoms with E-state index in [1.54, 1.807) is 0 Å². The first-order chi connectivity index (χ1) is 8.31. The Morgan fingerprint density at radius 2 is 1.71 bits per heavy atom. The Balaban J connectivity index is 1.75. The van der Waals surface area contributed by atoms with Crippen molar-refractivity contribution >= 4 is 5.84 Å². The van der Waals surface area contributed by atoms with Crippen molar-refractivity contribution in [3.63, 3.8) is 0 Å². The molecular weight excluding hydrogens is 210 g/mol. The third-order valence-corrected chi connectivity index (χ3v) is 4.24. The molecule has 2 rings (SSSR count). The van der Waals surface area contributed by atoms with E-state index in [9.17, 15) is 0 Å². The summed E-state index contributed by atoms with van der Waals surface area (Å²) in [6.07, 6.45) is 8.81. The standard InChI is InChI=1S/C14H27N3/c1-2-6-14(15)17-11-7-13(8-12-17)16-9-4-3-5-10-16/h13,15H,2-12H2,1H3. The zero-order valence-corrected chi connectivity index (χ0v) is 11.2. The second-order valence-electron chi connectivity index (χ2n) is 5.51. The van der Waals surface area contributed by atoms with Crippen LogP contribution < -0.4 is 0 Å². The molecule has 0 bridgehead atoms. The topological polar surface area (TPSA) is 30.3 Å². The van der Waals surface area contributed by atoms with Crippen LogP contribution in [-0.2, 0) is 0 Å². The maximum Gasteiger partial charge on any atom is 0.0957 e. The quantitative estimate of drug-likeness (QED) is 0.604. The minimum Gasteiger partial charge on any atom is -0.360 e. The number of nitrogens with zero attached hydrogens (tertiary/aromatic N) is 2. The lowest BCUT2D eigenvalue weighted by molar-refractivity contribution is 0.114. The van der Waals surface area contributed by atoms with Gasteiger partial charge in [0.15, 0.2) is 0 Å². The molecule has 0 aromatic carbocycles. The predicted octanol–water partition coefficient (Wildman–Crippen LogP) is 2.71. The van der Waals surface area contributed by atoms with Crippen molar-refractivity contribution in [2.75, 3.05) is 26.2 Å². The van der Waals surface area contributed by atoms with Gasteiger partial charge >= 0.3 is 0 Å². The van der Waals surface area contributed by atoms with Gasteiger partial charge in [0.1, 0.15) is 0 Å². The first-order valence-corrected chi connectivity index (χ1v) is 7.37. The highest BCUT2D eigenvalue weighted by Gasteiger charge is 2.26. The van der Waals surface area contributed by atoms with Crippen LogP contribution in [0.25, 0.3) is 0 Å². The Hall–Kier alpha value is -0.570. The summed E-state index contributed by atoms with van der Waals surface area (Å²) in [6.45, 7) is 7.02. The molecule has 0 unspecified atom stereocenters. The molecule has 2 fully saturated rings. The van der Waals surface area contributed by atoms with Gasteiger partial charge in [-0.25, -0.2) is 0 Å². The molecule has 0 aromatic rings. The van der Waals surface area contributed by atoms with E-state index in [0.717, 1.165) is 37.8 Å². The Labute approximate surface area is 106 Å². The maximum absolute atomic E-state index is 8.01. The van der Waals surface area contributed by atoms with Gasteiger partial charge in [-0.3, -0.25) is 5.41 Å². The molecular formula is C14H27N3. The lowest BCUT2D eigenvalue weighted by Gasteiger charge is -2.41. The van der Waals surface area contributed by atoms with Crippen LogP contribution in [0.15, 0.2) is 0 Å². The zero-order chi connectivity index (χ0) is 12.1. The minimum absolute atomic E-state index is 0.806. The molecule has 2 aliphatic rings. The molecule has 3 heteroatoms. The van der Waals surface area contributed by atoms with Gasteiger partial charge in [0.2, 0.25) is 0 Å². The van der Waals surface area contributed by atoms with Gasteiger partial charge in [-0.15, -0.1) is 0 Å². The monoisotopic (exact) mass is 237 g/mol. The average molecular weight is 237 g/mol. The van der Waals surface area contributed by atoms with Crippen molar-refractivity contribution in [2.24, 2.45) is 0 Å². The molecule has 3 nitrogen and oxygen atoms in total. The van der Waals surface area contributed by atoms with Crippen LogP contribution in [0.3, 0.4) is 0 Å². The van der Waals surface area contributed by atoms with Crippen LogP contribution in [-0.4, -0.2) is 47.9 Å². The highest BCUT2D eigenvalue weighted by molar-refractivity contribution is 5.79. The molecule has 0 spiro atoms. The van der Waals surface area contributed by atoms with Gasteiger partial charge in [0.25, 0.3) is 0 Å². The van der Waals surface area contributed by atoms with E-state index >= 15 is 0 Å². The Morgan fingerprint density at radius 1 is 1.06 bits per heavy atom. The summed E-state index contributed by atoms with van der Waals surface area (Å²) in [5.74, 6) is 0.865. The molecule has 0 atom stereocenters. The summed E-state index contributed by atoms with van der Waals surface area (Å²) in [5.41, 5.74) is 0. The van der Waals surface area contributed by atoms with Crippen molar-refractivity contribution in [2.45, 2.75) is 57.9 Å². The third-order valence-electron chi connectivity index (χ3n) is 4.24. The molecule has 0 saturated carbocycles. The van der Waals surface area contributed by atoms with Crippen molar-refractivity contribution in [3.05, 3.63) is 0 Å². The molecule has 0 aliphatic carbocycles. The number of amidine groups is 1. The third kappa shape index (κ3) is 3.44. The van der Waals surface area contributed by atoms with E-state index in [-0.39, 0.29) is 0 Å². The summed E-state index contributed by atoms with van der Waals surface area (Å²) >= 11 is 0. The number of piperidine rings is 2. The second kappa shape index (κ2) is 6.39. The van der Waals surface area contributed by atoms with E-state index in [1.807, 2.05) is 0 Å². The molecule has 0 radical (unpaired) electrons. The SMILES string of the molecule is CCCC(=N)N1CCC(N2CCCCC2)CC1. The fraction of sp³-hybridized carbons (Fsp3) is 0.929. The summed E-state index contributed by atoms with van der Waals surface area (Å²) in [4.78, 5) is 4.99. The lowest BCUT2D eigenvalue weighted by atomic mass is 9.99. The van der Waals surface area contributed by atoms with Gasteiger partial charge in [-0.05, 0) is 45.2 Å². The average Bonchev–Trinajstić information content (AvgIpc) is 2.40. The molecule has 0 amide bonds. The highest BCUT2D eigenvalue weighted by atomic mass is 15.2. The van der Waals surface area contributed by atoms with Crippen LogP contribution >= 0.6 is 0 Å². The fourth-order valence-corrected chi connectivity index (χ4v) is 3.18. The smallest absolute Gasteiger partial charge is 0.0957 e. The van der Waals surface area contributed by atoms with Crippen molar-refractivity contribution in [1.82, 2.24) is 9.80 Å². The van der Waals surface area contributed by atoms with Crippen LogP contribution in [0, 0.1) is 5.41 Å². The number of nitrogens with one attached hydrogen (secondary N) is 1. The lowest BCUT2D eigenvalue weighted by Crippen LogP contribution is -2.48. The van der Waals surface area contributed by atoms with Crippen molar-refractivity contribution in [3.8, 4) is 0 Å². The number of likely N-dealkylation sites (tertiary alicyclic amines) is 2. The first kappa shape index (κ1) is 12.9. The van der Waals surface area contributed by atoms with Crippen LogP contribution in [0.5, 0.6) is 0 Å². The highest BCUT2D eigenvalue weighted by Crippen LogP contribution is 2.21. The molecule has 2 heterocycles. The summed E-state index contributed by atoms with van der Waals surface area (Å²) in [6, 6.07) is 0.806. The van der Waals surface area contributed by atoms with Gasteiger partial charge in [-0.1, -0.05) is 13.3 Å². The fourth-order valence-electron chi connectivity index (χ4n) is 3.18. The molecule has 2 aliphatic heterocycles. The Morgan fingerprint density at radius 3 is 2.29 bits per heavy atom. The molecule has 2 saturated heterocycles. The molecule has 1 N–H and O–H groups in total. The summed E-state index contributed by atoms with van der Waals surface area (Å²) < 4.78 is 0. The van der Waals surface area contributed by atoms with Gasteiger partial charge < -0.3 is 9.80 Å². The van der Waals surface area contributed by atoms with Gasteiger partial charge in [0, 0.05) is 25.6 Å². The van der Waals surface area contributed by atoms with E-state index in [4.69, 9.17) is 5.41 Å². The zero-order valence-electron chi connectivity index (χ0n) is 11.2. The molecule has 17 heavy (non-hydrogen) atoms. The van der Waals surface area contributed by atoms with E-state index < -0.39 is 0 Å². The van der Waals surface area contributed by atoms with Crippen LogP contribution in [0.1, 0.15) is 51.9 Å². The number of hydrogen-bond donors (Lipinski definition) is 1. The van der Waals surface area contributed by atoms with Crippen LogP contribution in [0.2, 0.25) is 0 Å². The van der Waals surface area contributed by atoms with Gasteiger partial charge in [0.05, 0.1) is 5.84 Å². The molecule has 0 aromatic heterocycles. The van der Waals surface area contributed by atoms with E-state index in [0.29, 0.717) is 0 Å². The molecule has 98 valence electrons. The van der Waals surface area contributed by atoms with E-state index in [2.05, 4.69) is 16.7 Å². The van der Waals surface area contributed by atoms with Crippen molar-refractivity contribution < 1.29 is 0 Å². The Kier molecular flexibility index (Phi) is 4.84. The largest absolute Gasteiger partial charge is 0.360 e. The second-order valence-corrected chi connectivity index (χ2v) is 5.51. The van der Waals surface area contributed by atoms with Gasteiger partial charge in [-0.2, -0.15) is 0 Å². The van der Waals surface area contributed by atoms with Crippen LogP contribution in [0.4, 0.5) is 0 Å². The predicted molar refractivity (Wildman–Crippen MR) is 72.7 cm³/mol. The van der Waals surface area contributed by atoms with Crippen molar-refractivity contribution in [1.29, 1.82) is 5.41 Å². The summed E-state index contributed by atoms with van der Waals surface area (Å²) in [5, 5.41) is 8.01. The number of hydrogen-bond acceptors (Lipinski definition) is 2. The number of rotatable bonds is 3.